The van der Waals surface area contributed by atoms with Crippen molar-refractivity contribution in [3.8, 4) is 5.69 Å². The average Bonchev–Trinajstić information content (AvgIpc) is 3.34. The Labute approximate surface area is 165 Å². The molecule has 0 atom stereocenters. The number of nitrogens with one attached hydrogen (secondary N) is 1. The van der Waals surface area contributed by atoms with Crippen molar-refractivity contribution in [3.05, 3.63) is 85.0 Å². The Morgan fingerprint density at radius 2 is 1.86 bits per heavy atom. The fourth-order valence-corrected chi connectivity index (χ4v) is 3.43. The van der Waals surface area contributed by atoms with E-state index in [1.807, 2.05) is 42.1 Å². The molecule has 0 bridgehead atoms. The second kappa shape index (κ2) is 7.69. The highest BCUT2D eigenvalue weighted by atomic mass is 32.2. The van der Waals surface area contributed by atoms with Gasteiger partial charge in [0.05, 0.1) is 12.5 Å². The van der Waals surface area contributed by atoms with Gasteiger partial charge in [0.25, 0.3) is 5.91 Å². The molecule has 140 valence electrons. The number of amides is 1. The van der Waals surface area contributed by atoms with Crippen molar-refractivity contribution in [2.24, 2.45) is 7.05 Å². The summed E-state index contributed by atoms with van der Waals surface area (Å²) in [4.78, 5) is 22.0. The van der Waals surface area contributed by atoms with E-state index in [2.05, 4.69) is 15.3 Å². The first-order chi connectivity index (χ1) is 13.6. The van der Waals surface area contributed by atoms with E-state index >= 15 is 0 Å². The van der Waals surface area contributed by atoms with Gasteiger partial charge in [-0.2, -0.15) is 0 Å². The molecule has 0 saturated carbocycles. The van der Waals surface area contributed by atoms with Crippen molar-refractivity contribution in [2.45, 2.75) is 10.1 Å². The first-order valence-electron chi connectivity index (χ1n) is 8.45. The number of carbonyl (C=O) groups excluding carboxylic acids is 1. The zero-order valence-corrected chi connectivity index (χ0v) is 15.7. The molecule has 0 aliphatic heterocycles. The Bertz CT molecular complexity index is 1100. The van der Waals surface area contributed by atoms with Crippen molar-refractivity contribution in [2.75, 3.05) is 5.32 Å². The highest BCUT2D eigenvalue weighted by Gasteiger charge is 2.13. The van der Waals surface area contributed by atoms with Crippen LogP contribution in [-0.2, 0) is 7.05 Å². The molecule has 0 fully saturated rings. The van der Waals surface area contributed by atoms with E-state index in [1.54, 1.807) is 34.7 Å². The van der Waals surface area contributed by atoms with Crippen LogP contribution < -0.4 is 5.32 Å². The minimum Gasteiger partial charge on any atom is -0.329 e. The lowest BCUT2D eigenvalue weighted by Crippen LogP contribution is -2.16. The summed E-state index contributed by atoms with van der Waals surface area (Å²) in [5.74, 6) is -0.635. The number of hydrogen-bond acceptors (Lipinski definition) is 4. The Morgan fingerprint density at radius 3 is 2.54 bits per heavy atom. The largest absolute Gasteiger partial charge is 0.329 e. The quantitative estimate of drug-likeness (QED) is 0.553. The van der Waals surface area contributed by atoms with E-state index in [4.69, 9.17) is 0 Å². The number of nitrogens with zero attached hydrogens (tertiary/aromatic N) is 4. The fraction of sp³-hybridized carbons (Fsp3) is 0.0500. The molecule has 1 amide bonds. The van der Waals surface area contributed by atoms with Gasteiger partial charge in [-0.25, -0.2) is 14.4 Å². The van der Waals surface area contributed by atoms with Crippen LogP contribution in [0, 0.1) is 5.82 Å². The Hall–Kier alpha value is -3.39. The molecule has 0 saturated heterocycles. The number of rotatable bonds is 5. The number of halogens is 1. The summed E-state index contributed by atoms with van der Waals surface area (Å²) in [6, 6.07) is 13.4. The van der Waals surface area contributed by atoms with Crippen molar-refractivity contribution >= 4 is 23.4 Å². The molecule has 8 heteroatoms. The minimum absolute atomic E-state index is 0.300. The number of benzene rings is 2. The van der Waals surface area contributed by atoms with E-state index in [-0.39, 0.29) is 11.7 Å². The van der Waals surface area contributed by atoms with Crippen LogP contribution in [0.3, 0.4) is 0 Å². The summed E-state index contributed by atoms with van der Waals surface area (Å²) in [5.41, 5.74) is 1.69. The molecular weight excluding hydrogens is 377 g/mol. The number of imidazole rings is 2. The second-order valence-electron chi connectivity index (χ2n) is 6.03. The highest BCUT2D eigenvalue weighted by molar-refractivity contribution is 7.99. The van der Waals surface area contributed by atoms with Gasteiger partial charge in [-0.15, -0.1) is 0 Å². The number of carbonyl (C=O) groups is 1. The zero-order chi connectivity index (χ0) is 19.5. The summed E-state index contributed by atoms with van der Waals surface area (Å²) >= 11 is 1.54. The lowest BCUT2D eigenvalue weighted by molar-refractivity contribution is 0.102. The molecule has 4 aromatic rings. The third-order valence-electron chi connectivity index (χ3n) is 4.07. The molecule has 4 rings (SSSR count). The molecule has 1 N–H and O–H groups in total. The first-order valence-corrected chi connectivity index (χ1v) is 9.27. The lowest BCUT2D eigenvalue weighted by atomic mass is 10.3. The maximum absolute atomic E-state index is 13.1. The molecule has 2 aromatic heterocycles. The van der Waals surface area contributed by atoms with Crippen LogP contribution in [0.15, 0.2) is 83.5 Å². The van der Waals surface area contributed by atoms with E-state index in [0.29, 0.717) is 17.1 Å². The molecule has 0 aliphatic rings. The Morgan fingerprint density at radius 1 is 1.11 bits per heavy atom. The number of anilines is 1. The van der Waals surface area contributed by atoms with Crippen molar-refractivity contribution in [3.63, 3.8) is 0 Å². The summed E-state index contributed by atoms with van der Waals surface area (Å²) in [6.07, 6.45) is 6.64. The average molecular weight is 393 g/mol. The van der Waals surface area contributed by atoms with Crippen LogP contribution in [0.4, 0.5) is 10.1 Å². The van der Waals surface area contributed by atoms with Gasteiger partial charge in [0.15, 0.2) is 5.16 Å². The first kappa shape index (κ1) is 18.0. The minimum atomic E-state index is -0.335. The monoisotopic (exact) mass is 393 g/mol. The van der Waals surface area contributed by atoms with Gasteiger partial charge in [0.1, 0.15) is 11.5 Å². The molecule has 2 aromatic carbocycles. The van der Waals surface area contributed by atoms with Gasteiger partial charge in [0.2, 0.25) is 0 Å². The molecule has 2 heterocycles. The molecule has 0 aliphatic carbocycles. The van der Waals surface area contributed by atoms with Gasteiger partial charge < -0.3 is 9.88 Å². The third kappa shape index (κ3) is 3.81. The molecule has 28 heavy (non-hydrogen) atoms. The predicted molar refractivity (Wildman–Crippen MR) is 105 cm³/mol. The standard InChI is InChI=1S/C20H16FN5OS/c1-25-11-10-23-20(25)28-17-8-4-15(5-9-17)24-19(27)18-12-22-13-26(18)16-6-2-14(21)3-7-16/h2-13H,1H3,(H,24,27). The Kier molecular flexibility index (Phi) is 4.94. The van der Waals surface area contributed by atoms with Crippen LogP contribution in [0.25, 0.3) is 5.69 Å². The molecule has 0 spiro atoms. The topological polar surface area (TPSA) is 64.7 Å². The number of aryl methyl sites for hydroxylation is 1. The van der Waals surface area contributed by atoms with Gasteiger partial charge in [-0.3, -0.25) is 9.36 Å². The van der Waals surface area contributed by atoms with Crippen LogP contribution in [0.1, 0.15) is 10.5 Å². The van der Waals surface area contributed by atoms with E-state index in [9.17, 15) is 9.18 Å². The van der Waals surface area contributed by atoms with E-state index in [1.165, 1.54) is 24.7 Å². The molecule has 6 nitrogen and oxygen atoms in total. The van der Waals surface area contributed by atoms with Crippen molar-refractivity contribution < 1.29 is 9.18 Å². The SMILES string of the molecule is Cn1ccnc1Sc1ccc(NC(=O)c2cncn2-c2ccc(F)cc2)cc1. The summed E-state index contributed by atoms with van der Waals surface area (Å²) in [5, 5.41) is 3.75. The zero-order valence-electron chi connectivity index (χ0n) is 14.9. The van der Waals surface area contributed by atoms with Crippen LogP contribution in [-0.4, -0.2) is 25.0 Å². The molecule has 0 unspecified atom stereocenters. The summed E-state index contributed by atoms with van der Waals surface area (Å²) < 4.78 is 16.7. The van der Waals surface area contributed by atoms with Crippen LogP contribution in [0.5, 0.6) is 0 Å². The van der Waals surface area contributed by atoms with E-state index < -0.39 is 0 Å². The van der Waals surface area contributed by atoms with Crippen LogP contribution >= 0.6 is 11.8 Å². The summed E-state index contributed by atoms with van der Waals surface area (Å²) in [6.45, 7) is 0. The van der Waals surface area contributed by atoms with Crippen molar-refractivity contribution in [1.82, 2.24) is 19.1 Å². The normalized spacial score (nSPS) is 10.8. The van der Waals surface area contributed by atoms with Gasteiger partial charge in [-0.05, 0) is 48.5 Å². The van der Waals surface area contributed by atoms with Gasteiger partial charge in [0, 0.05) is 35.7 Å². The number of hydrogen-bond donors (Lipinski definition) is 1. The smallest absolute Gasteiger partial charge is 0.274 e. The highest BCUT2D eigenvalue weighted by Crippen LogP contribution is 2.27. The van der Waals surface area contributed by atoms with Crippen LogP contribution in [0.2, 0.25) is 0 Å². The van der Waals surface area contributed by atoms with Gasteiger partial charge in [-0.1, -0.05) is 11.8 Å². The molecular formula is C20H16FN5OS. The fourth-order valence-electron chi connectivity index (χ4n) is 2.63. The summed E-state index contributed by atoms with van der Waals surface area (Å²) in [7, 11) is 1.94. The van der Waals surface area contributed by atoms with Gasteiger partial charge >= 0.3 is 0 Å². The predicted octanol–water partition coefficient (Wildman–Crippen LogP) is 4.15. The maximum atomic E-state index is 13.1. The van der Waals surface area contributed by atoms with Crippen molar-refractivity contribution in [1.29, 1.82) is 0 Å². The Balaban J connectivity index is 1.48. The number of aromatic nitrogens is 4. The maximum Gasteiger partial charge on any atom is 0.274 e. The lowest BCUT2D eigenvalue weighted by Gasteiger charge is -2.09. The molecule has 0 radical (unpaired) electrons. The third-order valence-corrected chi connectivity index (χ3v) is 5.16. The van der Waals surface area contributed by atoms with E-state index in [0.717, 1.165) is 10.1 Å². The second-order valence-corrected chi connectivity index (χ2v) is 7.07.